The van der Waals surface area contributed by atoms with Gasteiger partial charge in [-0.1, -0.05) is 19.4 Å². The molecule has 0 amide bonds. The highest BCUT2D eigenvalue weighted by atomic mass is 16.4. The van der Waals surface area contributed by atoms with Crippen molar-refractivity contribution in [2.24, 2.45) is 0 Å². The molecule has 1 aromatic rings. The van der Waals surface area contributed by atoms with Gasteiger partial charge in [-0.2, -0.15) is 0 Å². The summed E-state index contributed by atoms with van der Waals surface area (Å²) in [4.78, 5) is 10.9. The summed E-state index contributed by atoms with van der Waals surface area (Å²) in [7, 11) is 0. The first-order valence-corrected chi connectivity index (χ1v) is 4.62. The fourth-order valence-electron chi connectivity index (χ4n) is 1.55. The van der Waals surface area contributed by atoms with Crippen molar-refractivity contribution in [3.63, 3.8) is 0 Å². The standard InChI is InChI=1S/C11H14O3/c1-3-4-8-5-7(2)6-9(12)10(8)11(13)14/h5-6,12H,3-4H2,1-2H3,(H,13,14). The average molecular weight is 194 g/mol. The van der Waals surface area contributed by atoms with Crippen LogP contribution in [0.4, 0.5) is 0 Å². The van der Waals surface area contributed by atoms with Gasteiger partial charge in [0.2, 0.25) is 0 Å². The van der Waals surface area contributed by atoms with Gasteiger partial charge < -0.3 is 10.2 Å². The number of aryl methyl sites for hydroxylation is 2. The second-order valence-electron chi connectivity index (χ2n) is 3.37. The van der Waals surface area contributed by atoms with Gasteiger partial charge >= 0.3 is 5.97 Å². The normalized spacial score (nSPS) is 10.1. The zero-order chi connectivity index (χ0) is 10.7. The van der Waals surface area contributed by atoms with E-state index < -0.39 is 5.97 Å². The summed E-state index contributed by atoms with van der Waals surface area (Å²) in [5.74, 6) is -1.20. The lowest BCUT2D eigenvalue weighted by atomic mass is 9.99. The molecule has 0 aromatic heterocycles. The Kier molecular flexibility index (Phi) is 3.12. The number of rotatable bonds is 3. The van der Waals surface area contributed by atoms with E-state index in [2.05, 4.69) is 0 Å². The minimum atomic E-state index is -1.06. The fraction of sp³-hybridized carbons (Fsp3) is 0.364. The van der Waals surface area contributed by atoms with Gasteiger partial charge in [0.15, 0.2) is 0 Å². The average Bonchev–Trinajstić information content (AvgIpc) is 2.01. The number of aromatic hydroxyl groups is 1. The van der Waals surface area contributed by atoms with Crippen LogP contribution in [0.15, 0.2) is 12.1 Å². The molecule has 3 heteroatoms. The maximum absolute atomic E-state index is 10.9. The molecule has 2 N–H and O–H groups in total. The zero-order valence-corrected chi connectivity index (χ0v) is 8.37. The van der Waals surface area contributed by atoms with Crippen LogP contribution in [0.1, 0.15) is 34.8 Å². The Morgan fingerprint density at radius 3 is 2.57 bits per heavy atom. The predicted molar refractivity (Wildman–Crippen MR) is 53.8 cm³/mol. The van der Waals surface area contributed by atoms with E-state index in [-0.39, 0.29) is 11.3 Å². The molecular formula is C11H14O3. The predicted octanol–water partition coefficient (Wildman–Crippen LogP) is 2.35. The number of hydrogen-bond acceptors (Lipinski definition) is 2. The van der Waals surface area contributed by atoms with Crippen molar-refractivity contribution in [2.45, 2.75) is 26.7 Å². The van der Waals surface area contributed by atoms with E-state index >= 15 is 0 Å². The summed E-state index contributed by atoms with van der Waals surface area (Å²) in [6, 6.07) is 3.29. The Morgan fingerprint density at radius 1 is 1.43 bits per heavy atom. The van der Waals surface area contributed by atoms with Crippen molar-refractivity contribution in [3.05, 3.63) is 28.8 Å². The second kappa shape index (κ2) is 4.13. The molecule has 0 bridgehead atoms. The lowest BCUT2D eigenvalue weighted by Gasteiger charge is -2.08. The van der Waals surface area contributed by atoms with Crippen LogP contribution < -0.4 is 0 Å². The fourth-order valence-corrected chi connectivity index (χ4v) is 1.55. The maximum Gasteiger partial charge on any atom is 0.339 e. The molecule has 0 spiro atoms. The number of benzene rings is 1. The number of carbonyl (C=O) groups is 1. The minimum absolute atomic E-state index is 0.0393. The molecule has 0 aliphatic rings. The summed E-state index contributed by atoms with van der Waals surface area (Å²) in [6.45, 7) is 3.82. The van der Waals surface area contributed by atoms with Crippen LogP contribution in [-0.2, 0) is 6.42 Å². The highest BCUT2D eigenvalue weighted by Crippen LogP contribution is 2.24. The number of carboxylic acid groups (broad SMARTS) is 1. The zero-order valence-electron chi connectivity index (χ0n) is 8.37. The van der Waals surface area contributed by atoms with E-state index in [1.165, 1.54) is 6.07 Å². The van der Waals surface area contributed by atoms with Crippen molar-refractivity contribution in [1.82, 2.24) is 0 Å². The molecule has 0 saturated heterocycles. The Bertz CT molecular complexity index is 356. The highest BCUT2D eigenvalue weighted by molar-refractivity contribution is 5.92. The van der Waals surface area contributed by atoms with E-state index in [0.29, 0.717) is 12.0 Å². The van der Waals surface area contributed by atoms with Gasteiger partial charge in [0.25, 0.3) is 0 Å². The number of hydrogen-bond donors (Lipinski definition) is 2. The first kappa shape index (κ1) is 10.6. The van der Waals surface area contributed by atoms with Crippen molar-refractivity contribution < 1.29 is 15.0 Å². The third-order valence-corrected chi connectivity index (χ3v) is 2.08. The topological polar surface area (TPSA) is 57.5 Å². The Hall–Kier alpha value is -1.51. The summed E-state index contributed by atoms with van der Waals surface area (Å²) in [5, 5.41) is 18.4. The van der Waals surface area contributed by atoms with Crippen LogP contribution in [0.3, 0.4) is 0 Å². The molecule has 14 heavy (non-hydrogen) atoms. The van der Waals surface area contributed by atoms with E-state index in [0.717, 1.165) is 12.0 Å². The van der Waals surface area contributed by atoms with Gasteiger partial charge in [-0.05, 0) is 30.5 Å². The van der Waals surface area contributed by atoms with Crippen LogP contribution in [0.25, 0.3) is 0 Å². The van der Waals surface area contributed by atoms with Crippen LogP contribution >= 0.6 is 0 Å². The van der Waals surface area contributed by atoms with Crippen molar-refractivity contribution in [1.29, 1.82) is 0 Å². The minimum Gasteiger partial charge on any atom is -0.507 e. The molecule has 0 aliphatic heterocycles. The lowest BCUT2D eigenvalue weighted by molar-refractivity contribution is 0.0692. The number of carboxylic acids is 1. The second-order valence-corrected chi connectivity index (χ2v) is 3.37. The Balaban J connectivity index is 3.28. The van der Waals surface area contributed by atoms with Gasteiger partial charge in [-0.15, -0.1) is 0 Å². The molecule has 0 fully saturated rings. The molecule has 1 rings (SSSR count). The number of aromatic carboxylic acids is 1. The molecule has 0 heterocycles. The maximum atomic E-state index is 10.9. The largest absolute Gasteiger partial charge is 0.507 e. The van der Waals surface area contributed by atoms with E-state index in [4.69, 9.17) is 5.11 Å². The smallest absolute Gasteiger partial charge is 0.339 e. The van der Waals surface area contributed by atoms with E-state index in [9.17, 15) is 9.90 Å². The van der Waals surface area contributed by atoms with Gasteiger partial charge in [-0.25, -0.2) is 4.79 Å². The molecule has 3 nitrogen and oxygen atoms in total. The molecule has 0 aliphatic carbocycles. The molecule has 1 aromatic carbocycles. The van der Waals surface area contributed by atoms with Crippen LogP contribution in [0.5, 0.6) is 5.75 Å². The molecule has 0 saturated carbocycles. The summed E-state index contributed by atoms with van der Waals surface area (Å²) < 4.78 is 0. The van der Waals surface area contributed by atoms with Crippen molar-refractivity contribution >= 4 is 5.97 Å². The van der Waals surface area contributed by atoms with E-state index in [1.807, 2.05) is 19.9 Å². The molecular weight excluding hydrogens is 180 g/mol. The Labute approximate surface area is 83.0 Å². The summed E-state index contributed by atoms with van der Waals surface area (Å²) >= 11 is 0. The quantitative estimate of drug-likeness (QED) is 0.776. The molecule has 0 unspecified atom stereocenters. The highest BCUT2D eigenvalue weighted by Gasteiger charge is 2.15. The molecule has 76 valence electrons. The van der Waals surface area contributed by atoms with Gasteiger partial charge in [-0.3, -0.25) is 0 Å². The third-order valence-electron chi connectivity index (χ3n) is 2.08. The lowest BCUT2D eigenvalue weighted by Crippen LogP contribution is -2.03. The molecule has 0 atom stereocenters. The first-order chi connectivity index (χ1) is 6.56. The van der Waals surface area contributed by atoms with Crippen LogP contribution in [-0.4, -0.2) is 16.2 Å². The Morgan fingerprint density at radius 2 is 2.07 bits per heavy atom. The summed E-state index contributed by atoms with van der Waals surface area (Å²) in [5.41, 5.74) is 1.63. The summed E-state index contributed by atoms with van der Waals surface area (Å²) in [6.07, 6.45) is 1.54. The van der Waals surface area contributed by atoms with E-state index in [1.54, 1.807) is 0 Å². The van der Waals surface area contributed by atoms with Crippen LogP contribution in [0, 0.1) is 6.92 Å². The van der Waals surface area contributed by atoms with Crippen molar-refractivity contribution in [3.8, 4) is 5.75 Å². The van der Waals surface area contributed by atoms with Crippen molar-refractivity contribution in [2.75, 3.05) is 0 Å². The first-order valence-electron chi connectivity index (χ1n) is 4.62. The monoisotopic (exact) mass is 194 g/mol. The number of phenols is 1. The van der Waals surface area contributed by atoms with Gasteiger partial charge in [0.1, 0.15) is 11.3 Å². The van der Waals surface area contributed by atoms with Crippen LogP contribution in [0.2, 0.25) is 0 Å². The van der Waals surface area contributed by atoms with Gasteiger partial charge in [0.05, 0.1) is 0 Å². The SMILES string of the molecule is CCCc1cc(C)cc(O)c1C(=O)O. The third kappa shape index (κ3) is 2.05. The molecule has 0 radical (unpaired) electrons. The van der Waals surface area contributed by atoms with Gasteiger partial charge in [0, 0.05) is 0 Å².